The van der Waals surface area contributed by atoms with Crippen LogP contribution in [0.25, 0.3) is 11.0 Å². The van der Waals surface area contributed by atoms with Crippen LogP contribution in [0.4, 0.5) is 10.3 Å². The van der Waals surface area contributed by atoms with E-state index in [9.17, 15) is 9.18 Å². The van der Waals surface area contributed by atoms with Crippen LogP contribution in [-0.2, 0) is 16.1 Å². The van der Waals surface area contributed by atoms with E-state index in [2.05, 4.69) is 10.3 Å². The van der Waals surface area contributed by atoms with Gasteiger partial charge in [0, 0.05) is 19.7 Å². The second-order valence-electron chi connectivity index (χ2n) is 4.15. The highest BCUT2D eigenvalue weighted by molar-refractivity contribution is 6.31. The van der Waals surface area contributed by atoms with Gasteiger partial charge in [0.05, 0.1) is 22.7 Å². The van der Waals surface area contributed by atoms with E-state index < -0.39 is 5.82 Å². The highest BCUT2D eigenvalue weighted by Crippen LogP contribution is 2.24. The van der Waals surface area contributed by atoms with E-state index in [1.165, 1.54) is 16.7 Å². The van der Waals surface area contributed by atoms with Gasteiger partial charge in [0.1, 0.15) is 12.4 Å². The summed E-state index contributed by atoms with van der Waals surface area (Å²) >= 11 is 5.68. The number of amides is 1. The van der Waals surface area contributed by atoms with E-state index in [-0.39, 0.29) is 23.4 Å². The van der Waals surface area contributed by atoms with Crippen molar-refractivity contribution in [3.05, 3.63) is 23.0 Å². The number of aromatic nitrogens is 2. The Morgan fingerprint density at radius 1 is 1.60 bits per heavy atom. The van der Waals surface area contributed by atoms with Crippen LogP contribution in [0.15, 0.2) is 12.1 Å². The normalized spacial score (nSPS) is 10.9. The van der Waals surface area contributed by atoms with Crippen molar-refractivity contribution in [3.8, 4) is 0 Å². The van der Waals surface area contributed by atoms with Gasteiger partial charge in [0.15, 0.2) is 0 Å². The molecule has 1 aromatic carbocycles. The third-order valence-corrected chi connectivity index (χ3v) is 3.04. The maximum absolute atomic E-state index is 13.5. The molecular weight excluding hydrogens is 287 g/mol. The summed E-state index contributed by atoms with van der Waals surface area (Å²) in [7, 11) is 1.54. The molecule has 0 unspecified atom stereocenters. The predicted molar refractivity (Wildman–Crippen MR) is 74.0 cm³/mol. The zero-order valence-electron chi connectivity index (χ0n) is 10.8. The number of halogens is 2. The summed E-state index contributed by atoms with van der Waals surface area (Å²) in [5.41, 5.74) is 6.60. The van der Waals surface area contributed by atoms with Crippen LogP contribution in [0.5, 0.6) is 0 Å². The maximum atomic E-state index is 13.5. The van der Waals surface area contributed by atoms with Gasteiger partial charge in [0.2, 0.25) is 11.9 Å². The monoisotopic (exact) mass is 300 g/mol. The molecule has 0 aliphatic carbocycles. The first-order valence-corrected chi connectivity index (χ1v) is 6.27. The number of anilines is 1. The topological polar surface area (TPSA) is 82.2 Å². The van der Waals surface area contributed by atoms with E-state index in [1.807, 2.05) is 0 Å². The first kappa shape index (κ1) is 14.5. The number of ether oxygens (including phenoxy) is 1. The Balaban J connectivity index is 2.23. The number of hydrogen-bond acceptors (Lipinski definition) is 4. The summed E-state index contributed by atoms with van der Waals surface area (Å²) in [5, 5.41) is 2.62. The Kier molecular flexibility index (Phi) is 4.41. The lowest BCUT2D eigenvalue weighted by atomic mass is 10.3. The number of carbonyl (C=O) groups excluding carboxylic acids is 1. The molecule has 1 aromatic heterocycles. The Morgan fingerprint density at radius 2 is 2.35 bits per heavy atom. The van der Waals surface area contributed by atoms with Crippen LogP contribution in [-0.4, -0.2) is 35.7 Å². The van der Waals surface area contributed by atoms with Gasteiger partial charge < -0.3 is 20.4 Å². The van der Waals surface area contributed by atoms with E-state index in [0.29, 0.717) is 24.2 Å². The van der Waals surface area contributed by atoms with Gasteiger partial charge in [-0.2, -0.15) is 0 Å². The summed E-state index contributed by atoms with van der Waals surface area (Å²) in [6.07, 6.45) is 0. The van der Waals surface area contributed by atoms with E-state index >= 15 is 0 Å². The van der Waals surface area contributed by atoms with Crippen molar-refractivity contribution in [3.63, 3.8) is 0 Å². The molecule has 108 valence electrons. The number of nitrogens with two attached hydrogens (primary N) is 1. The number of nitrogens with zero attached hydrogens (tertiary/aromatic N) is 2. The number of imidazole rings is 1. The summed E-state index contributed by atoms with van der Waals surface area (Å²) in [6.45, 7) is 0.755. The van der Waals surface area contributed by atoms with Gasteiger partial charge in [-0.15, -0.1) is 0 Å². The summed E-state index contributed by atoms with van der Waals surface area (Å²) in [6, 6.07) is 2.59. The SMILES string of the molecule is COCCNC(=O)Cn1c(N)nc2cc(Cl)c(F)cc21. The second-order valence-corrected chi connectivity index (χ2v) is 4.56. The molecule has 3 N–H and O–H groups in total. The number of methoxy groups -OCH3 is 1. The lowest BCUT2D eigenvalue weighted by Crippen LogP contribution is -2.30. The Morgan fingerprint density at radius 3 is 3.05 bits per heavy atom. The van der Waals surface area contributed by atoms with Crippen molar-refractivity contribution >= 4 is 34.5 Å². The van der Waals surface area contributed by atoms with Crippen LogP contribution in [0.2, 0.25) is 5.02 Å². The number of rotatable bonds is 5. The van der Waals surface area contributed by atoms with Gasteiger partial charge in [-0.25, -0.2) is 9.37 Å². The van der Waals surface area contributed by atoms with Gasteiger partial charge in [-0.3, -0.25) is 4.79 Å². The molecule has 8 heteroatoms. The van der Waals surface area contributed by atoms with E-state index in [1.54, 1.807) is 7.11 Å². The van der Waals surface area contributed by atoms with Crippen LogP contribution in [0.1, 0.15) is 0 Å². The largest absolute Gasteiger partial charge is 0.383 e. The fraction of sp³-hybridized carbons (Fsp3) is 0.333. The Labute approximate surface area is 119 Å². The quantitative estimate of drug-likeness (QED) is 0.812. The lowest BCUT2D eigenvalue weighted by molar-refractivity contribution is -0.121. The molecule has 1 heterocycles. The van der Waals surface area contributed by atoms with Gasteiger partial charge in [0.25, 0.3) is 0 Å². The molecule has 1 amide bonds. The molecule has 0 bridgehead atoms. The zero-order valence-corrected chi connectivity index (χ0v) is 11.6. The summed E-state index contributed by atoms with van der Waals surface area (Å²) in [5.74, 6) is -0.716. The van der Waals surface area contributed by atoms with Crippen molar-refractivity contribution in [2.75, 3.05) is 26.0 Å². The highest BCUT2D eigenvalue weighted by atomic mass is 35.5. The number of nitrogens with one attached hydrogen (secondary N) is 1. The lowest BCUT2D eigenvalue weighted by Gasteiger charge is -2.07. The molecule has 0 radical (unpaired) electrons. The zero-order chi connectivity index (χ0) is 14.7. The molecule has 6 nitrogen and oxygen atoms in total. The minimum atomic E-state index is -0.583. The molecule has 0 saturated heterocycles. The fourth-order valence-electron chi connectivity index (χ4n) is 1.80. The number of nitrogen functional groups attached to an aromatic ring is 1. The number of benzene rings is 1. The third-order valence-electron chi connectivity index (χ3n) is 2.75. The number of carbonyl (C=O) groups is 1. The minimum Gasteiger partial charge on any atom is -0.383 e. The van der Waals surface area contributed by atoms with Crippen molar-refractivity contribution in [2.45, 2.75) is 6.54 Å². The van der Waals surface area contributed by atoms with Gasteiger partial charge in [-0.1, -0.05) is 11.6 Å². The second kappa shape index (κ2) is 6.06. The molecule has 0 atom stereocenters. The average Bonchev–Trinajstić information content (AvgIpc) is 2.67. The van der Waals surface area contributed by atoms with Crippen LogP contribution in [0.3, 0.4) is 0 Å². The molecule has 0 saturated carbocycles. The highest BCUT2D eigenvalue weighted by Gasteiger charge is 2.14. The van der Waals surface area contributed by atoms with Crippen LogP contribution < -0.4 is 11.1 Å². The van der Waals surface area contributed by atoms with Crippen molar-refractivity contribution in [1.29, 1.82) is 0 Å². The summed E-state index contributed by atoms with van der Waals surface area (Å²) < 4.78 is 19.7. The Bertz CT molecular complexity index is 644. The third kappa shape index (κ3) is 3.00. The van der Waals surface area contributed by atoms with Gasteiger partial charge in [-0.05, 0) is 6.07 Å². The molecular formula is C12H14ClFN4O2. The molecule has 0 spiro atoms. The van der Waals surface area contributed by atoms with Gasteiger partial charge >= 0.3 is 0 Å². The Hall–Kier alpha value is -1.86. The molecule has 0 aliphatic rings. The molecule has 0 aliphatic heterocycles. The fourth-order valence-corrected chi connectivity index (χ4v) is 1.95. The van der Waals surface area contributed by atoms with Crippen molar-refractivity contribution in [2.24, 2.45) is 0 Å². The molecule has 2 rings (SSSR count). The first-order chi connectivity index (χ1) is 9.52. The molecule has 2 aromatic rings. The van der Waals surface area contributed by atoms with Crippen molar-refractivity contribution in [1.82, 2.24) is 14.9 Å². The van der Waals surface area contributed by atoms with Crippen molar-refractivity contribution < 1.29 is 13.9 Å². The minimum absolute atomic E-state index is 0.0355. The smallest absolute Gasteiger partial charge is 0.240 e. The van der Waals surface area contributed by atoms with E-state index in [0.717, 1.165) is 0 Å². The maximum Gasteiger partial charge on any atom is 0.240 e. The molecule has 0 fully saturated rings. The van der Waals surface area contributed by atoms with Crippen LogP contribution >= 0.6 is 11.6 Å². The summed E-state index contributed by atoms with van der Waals surface area (Å²) in [4.78, 5) is 15.8. The predicted octanol–water partition coefficient (Wildman–Crippen LogP) is 1.17. The average molecular weight is 301 g/mol. The molecule has 20 heavy (non-hydrogen) atoms. The first-order valence-electron chi connectivity index (χ1n) is 5.89. The standard InChI is InChI=1S/C12H14ClFN4O2/c1-20-3-2-16-11(19)6-18-10-5-8(14)7(13)4-9(10)17-12(18)15/h4-5H,2-3,6H2,1H3,(H2,15,17)(H,16,19). The number of hydrogen-bond donors (Lipinski definition) is 2. The number of fused-ring (bicyclic) bond motifs is 1. The van der Waals surface area contributed by atoms with E-state index in [4.69, 9.17) is 22.1 Å². The van der Waals surface area contributed by atoms with Crippen LogP contribution in [0, 0.1) is 5.82 Å².